The Morgan fingerprint density at radius 2 is 1.93 bits per heavy atom. The quantitative estimate of drug-likeness (QED) is 0.677. The van der Waals surface area contributed by atoms with Crippen molar-refractivity contribution in [2.75, 3.05) is 23.9 Å². The molecule has 1 amide bonds. The number of hydrogen-bond acceptors (Lipinski definition) is 5. The number of carbonyl (C=O) groups excluding carboxylic acids is 1. The third kappa shape index (κ3) is 4.35. The molecule has 0 saturated carbocycles. The molecule has 0 atom stereocenters. The van der Waals surface area contributed by atoms with Crippen molar-refractivity contribution in [3.8, 4) is 5.75 Å². The highest BCUT2D eigenvalue weighted by atomic mass is 35.5. The molecule has 7 heteroatoms. The molecule has 0 saturated heterocycles. The fourth-order valence-electron chi connectivity index (χ4n) is 2.61. The standard InChI is InChI=1S/C20H19ClN4O2/c1-3-25(15-7-5-4-6-8-15)20(26)17-12-23-19(13-22-17)24-16-11-14(21)9-10-18(16)27-2/h4-13H,3H2,1-2H3,(H,23,24). The second kappa shape index (κ2) is 8.51. The third-order valence-electron chi connectivity index (χ3n) is 3.92. The molecule has 6 nitrogen and oxygen atoms in total. The molecule has 0 aliphatic rings. The lowest BCUT2D eigenvalue weighted by atomic mass is 10.2. The predicted octanol–water partition coefficient (Wildman–Crippen LogP) is 4.55. The van der Waals surface area contributed by atoms with Crippen molar-refractivity contribution in [2.45, 2.75) is 6.92 Å². The first-order valence-corrected chi connectivity index (χ1v) is 8.79. The number of anilines is 3. The summed E-state index contributed by atoms with van der Waals surface area (Å²) in [5, 5.41) is 3.67. The Hall–Kier alpha value is -3.12. The van der Waals surface area contributed by atoms with Gasteiger partial charge in [-0.05, 0) is 37.3 Å². The van der Waals surface area contributed by atoms with E-state index in [4.69, 9.17) is 16.3 Å². The Balaban J connectivity index is 1.79. The predicted molar refractivity (Wildman–Crippen MR) is 107 cm³/mol. The molecule has 1 heterocycles. The zero-order valence-electron chi connectivity index (χ0n) is 15.0. The summed E-state index contributed by atoms with van der Waals surface area (Å²) < 4.78 is 5.30. The van der Waals surface area contributed by atoms with Crippen LogP contribution < -0.4 is 15.0 Å². The molecular weight excluding hydrogens is 364 g/mol. The number of rotatable bonds is 6. The van der Waals surface area contributed by atoms with Crippen LogP contribution in [0.1, 0.15) is 17.4 Å². The average molecular weight is 383 g/mol. The summed E-state index contributed by atoms with van der Waals surface area (Å²) in [5.74, 6) is 0.903. The Morgan fingerprint density at radius 3 is 2.56 bits per heavy atom. The van der Waals surface area contributed by atoms with E-state index in [-0.39, 0.29) is 11.6 Å². The number of aromatic nitrogens is 2. The summed E-state index contributed by atoms with van der Waals surface area (Å²) >= 11 is 6.03. The minimum absolute atomic E-state index is 0.205. The Morgan fingerprint density at radius 1 is 1.15 bits per heavy atom. The lowest BCUT2D eigenvalue weighted by molar-refractivity contribution is 0.0983. The summed E-state index contributed by atoms with van der Waals surface area (Å²) in [4.78, 5) is 23.0. The first-order chi connectivity index (χ1) is 13.1. The van der Waals surface area contributed by atoms with Crippen LogP contribution >= 0.6 is 11.6 Å². The van der Waals surface area contributed by atoms with Gasteiger partial charge in [-0.25, -0.2) is 9.97 Å². The van der Waals surface area contributed by atoms with Gasteiger partial charge >= 0.3 is 0 Å². The maximum absolute atomic E-state index is 12.8. The number of methoxy groups -OCH3 is 1. The van der Waals surface area contributed by atoms with Gasteiger partial charge in [0.05, 0.1) is 25.2 Å². The molecule has 1 N–H and O–H groups in total. The van der Waals surface area contributed by atoms with E-state index in [1.807, 2.05) is 37.3 Å². The van der Waals surface area contributed by atoms with Crippen LogP contribution in [0.3, 0.4) is 0 Å². The molecule has 0 fully saturated rings. The SMILES string of the molecule is CCN(C(=O)c1cnc(Nc2cc(Cl)ccc2OC)cn1)c1ccccc1. The molecule has 27 heavy (non-hydrogen) atoms. The molecule has 0 bridgehead atoms. The monoisotopic (exact) mass is 382 g/mol. The smallest absolute Gasteiger partial charge is 0.278 e. The first kappa shape index (κ1) is 18.7. The number of halogens is 1. The zero-order valence-corrected chi connectivity index (χ0v) is 15.8. The fourth-order valence-corrected chi connectivity index (χ4v) is 2.78. The van der Waals surface area contributed by atoms with E-state index in [2.05, 4.69) is 15.3 Å². The highest BCUT2D eigenvalue weighted by molar-refractivity contribution is 6.31. The van der Waals surface area contributed by atoms with Crippen LogP contribution in [-0.2, 0) is 0 Å². The van der Waals surface area contributed by atoms with E-state index >= 15 is 0 Å². The molecule has 3 rings (SSSR count). The minimum Gasteiger partial charge on any atom is -0.495 e. The second-order valence-corrected chi connectivity index (χ2v) is 6.08. The van der Waals surface area contributed by atoms with E-state index in [1.54, 1.807) is 30.2 Å². The van der Waals surface area contributed by atoms with Crippen molar-refractivity contribution in [3.05, 3.63) is 71.6 Å². The normalized spacial score (nSPS) is 10.3. The summed E-state index contributed by atoms with van der Waals surface area (Å²) in [7, 11) is 1.57. The number of amides is 1. The van der Waals surface area contributed by atoms with Crippen LogP contribution in [0.4, 0.5) is 17.2 Å². The van der Waals surface area contributed by atoms with Gasteiger partial charge in [-0.2, -0.15) is 0 Å². The lowest BCUT2D eigenvalue weighted by Gasteiger charge is -2.20. The third-order valence-corrected chi connectivity index (χ3v) is 4.16. The van der Waals surface area contributed by atoms with Crippen LogP contribution in [0.2, 0.25) is 5.02 Å². The van der Waals surface area contributed by atoms with Gasteiger partial charge in [0.15, 0.2) is 0 Å². The first-order valence-electron chi connectivity index (χ1n) is 8.42. The van der Waals surface area contributed by atoms with E-state index < -0.39 is 0 Å². The van der Waals surface area contributed by atoms with Crippen molar-refractivity contribution >= 4 is 34.7 Å². The summed E-state index contributed by atoms with van der Waals surface area (Å²) in [6.07, 6.45) is 2.96. The molecular formula is C20H19ClN4O2. The molecule has 0 unspecified atom stereocenters. The fraction of sp³-hybridized carbons (Fsp3) is 0.150. The minimum atomic E-state index is -0.205. The van der Waals surface area contributed by atoms with Crippen LogP contribution in [-0.4, -0.2) is 29.5 Å². The average Bonchev–Trinajstić information content (AvgIpc) is 2.70. The van der Waals surface area contributed by atoms with Gasteiger partial charge in [-0.3, -0.25) is 4.79 Å². The number of ether oxygens (including phenoxy) is 1. The molecule has 1 aromatic heterocycles. The molecule has 3 aromatic rings. The largest absolute Gasteiger partial charge is 0.495 e. The van der Waals surface area contributed by atoms with Gasteiger partial charge in [-0.1, -0.05) is 29.8 Å². The Kier molecular flexibility index (Phi) is 5.88. The number of hydrogen-bond donors (Lipinski definition) is 1. The van der Waals surface area contributed by atoms with Gasteiger partial charge in [0.1, 0.15) is 17.3 Å². The van der Waals surface area contributed by atoms with Crippen LogP contribution in [0.15, 0.2) is 60.9 Å². The maximum atomic E-state index is 12.8. The highest BCUT2D eigenvalue weighted by Gasteiger charge is 2.17. The van der Waals surface area contributed by atoms with Crippen molar-refractivity contribution in [1.29, 1.82) is 0 Å². The second-order valence-electron chi connectivity index (χ2n) is 5.64. The lowest BCUT2D eigenvalue weighted by Crippen LogP contribution is -2.31. The number of para-hydroxylation sites is 1. The molecule has 0 aliphatic heterocycles. The van der Waals surface area contributed by atoms with E-state index in [9.17, 15) is 4.79 Å². The van der Waals surface area contributed by atoms with Crippen LogP contribution in [0.5, 0.6) is 5.75 Å². The van der Waals surface area contributed by atoms with Gasteiger partial charge in [-0.15, -0.1) is 0 Å². The molecule has 2 aromatic carbocycles. The maximum Gasteiger partial charge on any atom is 0.278 e. The summed E-state index contributed by atoms with van der Waals surface area (Å²) in [6.45, 7) is 2.45. The van der Waals surface area contributed by atoms with E-state index in [1.165, 1.54) is 12.4 Å². The van der Waals surface area contributed by atoms with Gasteiger partial charge in [0, 0.05) is 17.3 Å². The van der Waals surface area contributed by atoms with Crippen molar-refractivity contribution in [1.82, 2.24) is 9.97 Å². The van der Waals surface area contributed by atoms with E-state index in [0.717, 1.165) is 5.69 Å². The highest BCUT2D eigenvalue weighted by Crippen LogP contribution is 2.29. The van der Waals surface area contributed by atoms with Gasteiger partial charge < -0.3 is 15.0 Å². The summed E-state index contributed by atoms with van der Waals surface area (Å²) in [6, 6.07) is 14.7. The van der Waals surface area contributed by atoms with Crippen LogP contribution in [0.25, 0.3) is 0 Å². The molecule has 0 spiro atoms. The number of carbonyl (C=O) groups is 1. The number of nitrogens with one attached hydrogen (secondary N) is 1. The zero-order chi connectivity index (χ0) is 19.2. The van der Waals surface area contributed by atoms with Gasteiger partial charge in [0.2, 0.25) is 0 Å². The summed E-state index contributed by atoms with van der Waals surface area (Å²) in [5.41, 5.74) is 1.75. The van der Waals surface area contributed by atoms with Crippen molar-refractivity contribution in [2.24, 2.45) is 0 Å². The van der Waals surface area contributed by atoms with Gasteiger partial charge in [0.25, 0.3) is 5.91 Å². The van der Waals surface area contributed by atoms with Crippen molar-refractivity contribution in [3.63, 3.8) is 0 Å². The molecule has 0 radical (unpaired) electrons. The Bertz CT molecular complexity index is 917. The molecule has 138 valence electrons. The number of benzene rings is 2. The van der Waals surface area contributed by atoms with Crippen LogP contribution in [0, 0.1) is 0 Å². The Labute approximate surface area is 162 Å². The number of nitrogens with zero attached hydrogens (tertiary/aromatic N) is 3. The van der Waals surface area contributed by atoms with E-state index in [0.29, 0.717) is 28.8 Å². The van der Waals surface area contributed by atoms with Crippen molar-refractivity contribution < 1.29 is 9.53 Å². The topological polar surface area (TPSA) is 67.4 Å². The molecule has 0 aliphatic carbocycles.